The molecule has 1 N–H and O–H groups in total. The van der Waals surface area contributed by atoms with Crippen LogP contribution in [0.4, 0.5) is 18.9 Å². The van der Waals surface area contributed by atoms with Gasteiger partial charge in [-0.2, -0.15) is 0 Å². The summed E-state index contributed by atoms with van der Waals surface area (Å²) in [5.41, 5.74) is 1.07. The zero-order valence-corrected chi connectivity index (χ0v) is 10.2. The molecule has 0 bridgehead atoms. The summed E-state index contributed by atoms with van der Waals surface area (Å²) in [6.45, 7) is 1.72. The number of ether oxygens (including phenoxy) is 1. The number of anilines is 1. The summed E-state index contributed by atoms with van der Waals surface area (Å²) in [6.07, 6.45) is -4.66. The molecule has 1 aromatic rings. The van der Waals surface area contributed by atoms with Gasteiger partial charge in [-0.05, 0) is 47.2 Å². The van der Waals surface area contributed by atoms with Crippen molar-refractivity contribution in [3.63, 3.8) is 0 Å². The van der Waals surface area contributed by atoms with Gasteiger partial charge in [-0.1, -0.05) is 0 Å². The minimum absolute atomic E-state index is 0.200. The lowest BCUT2D eigenvalue weighted by Gasteiger charge is -2.15. The molecule has 0 aromatic heterocycles. The Labute approximate surface area is 98.9 Å². The molecule has 15 heavy (non-hydrogen) atoms. The summed E-state index contributed by atoms with van der Waals surface area (Å²) in [4.78, 5) is 0. The lowest BCUT2D eigenvalue weighted by Crippen LogP contribution is -2.18. The van der Waals surface area contributed by atoms with Gasteiger partial charge >= 0.3 is 6.36 Å². The molecule has 0 aliphatic heterocycles. The maximum absolute atomic E-state index is 12.1. The first-order valence-electron chi connectivity index (χ1n) is 4.07. The minimum atomic E-state index is -4.66. The zero-order valence-electron chi connectivity index (χ0n) is 8.07. The van der Waals surface area contributed by atoms with Crippen LogP contribution in [0, 0.1) is 10.5 Å². The summed E-state index contributed by atoms with van der Waals surface area (Å²) in [5.74, 6) is -0.200. The van der Waals surface area contributed by atoms with Crippen LogP contribution in [0.1, 0.15) is 5.56 Å². The average Bonchev–Trinajstić information content (AvgIpc) is 1.99. The number of alkyl halides is 3. The molecule has 1 aromatic carbocycles. The Morgan fingerprint density at radius 2 is 1.93 bits per heavy atom. The monoisotopic (exact) mass is 331 g/mol. The van der Waals surface area contributed by atoms with E-state index in [0.29, 0.717) is 14.8 Å². The third-order valence-corrected chi connectivity index (χ3v) is 2.36. The quantitative estimate of drug-likeness (QED) is 0.837. The first kappa shape index (κ1) is 12.4. The molecule has 0 saturated heterocycles. The topological polar surface area (TPSA) is 21.3 Å². The molecular weight excluding hydrogens is 322 g/mol. The largest absolute Gasteiger partial charge is 0.573 e. The highest BCUT2D eigenvalue weighted by Gasteiger charge is 2.32. The van der Waals surface area contributed by atoms with Gasteiger partial charge in [0.25, 0.3) is 0 Å². The molecule has 0 unspecified atom stereocenters. The predicted molar refractivity (Wildman–Crippen MR) is 60.1 cm³/mol. The summed E-state index contributed by atoms with van der Waals surface area (Å²) >= 11 is 1.94. The molecule has 0 fully saturated rings. The molecule has 0 radical (unpaired) electrons. The first-order chi connectivity index (χ1) is 6.83. The Morgan fingerprint density at radius 3 is 2.40 bits per heavy atom. The number of halogens is 4. The Kier molecular flexibility index (Phi) is 3.69. The van der Waals surface area contributed by atoms with E-state index in [2.05, 4.69) is 10.1 Å². The molecule has 84 valence electrons. The zero-order chi connectivity index (χ0) is 11.6. The number of hydrogen-bond acceptors (Lipinski definition) is 2. The van der Waals surface area contributed by atoms with Crippen molar-refractivity contribution in [1.82, 2.24) is 0 Å². The normalized spacial score (nSPS) is 11.3. The summed E-state index contributed by atoms with van der Waals surface area (Å²) < 4.78 is 40.8. The maximum atomic E-state index is 12.1. The fraction of sp³-hybridized carbons (Fsp3) is 0.333. The fourth-order valence-electron chi connectivity index (χ4n) is 1.24. The molecular formula is C9H9F3INO. The highest BCUT2D eigenvalue weighted by molar-refractivity contribution is 14.1. The molecule has 0 atom stereocenters. The van der Waals surface area contributed by atoms with Crippen molar-refractivity contribution >= 4 is 28.3 Å². The second kappa shape index (κ2) is 4.46. The van der Waals surface area contributed by atoms with Crippen LogP contribution in [0.25, 0.3) is 0 Å². The summed E-state index contributed by atoms with van der Waals surface area (Å²) in [6, 6.07) is 3.11. The van der Waals surface area contributed by atoms with Gasteiger partial charge in [0, 0.05) is 10.6 Å². The Hall–Kier alpha value is -0.660. The van der Waals surface area contributed by atoms with Crippen molar-refractivity contribution in [2.75, 3.05) is 12.4 Å². The van der Waals surface area contributed by atoms with Gasteiger partial charge < -0.3 is 10.1 Å². The number of aryl methyl sites for hydroxylation is 1. The van der Waals surface area contributed by atoms with E-state index in [9.17, 15) is 13.2 Å². The molecule has 0 spiro atoms. The third-order valence-electron chi connectivity index (χ3n) is 1.74. The average molecular weight is 331 g/mol. The second-order valence-corrected chi connectivity index (χ2v) is 4.14. The van der Waals surface area contributed by atoms with Crippen LogP contribution >= 0.6 is 22.6 Å². The highest BCUT2D eigenvalue weighted by Crippen LogP contribution is 2.34. The van der Waals surface area contributed by atoms with E-state index in [-0.39, 0.29) is 5.75 Å². The smallest absolute Gasteiger partial charge is 0.404 e. The lowest BCUT2D eigenvalue weighted by molar-refractivity contribution is -0.274. The Bertz CT molecular complexity index is 365. The standard InChI is InChI=1S/C9H9F3INO/c1-5-3-6(13)4-7(8(5)14-2)15-9(10,11)12/h3-4,14H,1-2H3. The molecule has 0 amide bonds. The van der Waals surface area contributed by atoms with Crippen LogP contribution in [0.5, 0.6) is 5.75 Å². The molecule has 0 aliphatic carbocycles. The van der Waals surface area contributed by atoms with Crippen molar-refractivity contribution < 1.29 is 17.9 Å². The van der Waals surface area contributed by atoms with Gasteiger partial charge in [0.1, 0.15) is 0 Å². The highest BCUT2D eigenvalue weighted by atomic mass is 127. The van der Waals surface area contributed by atoms with E-state index in [1.54, 1.807) is 20.0 Å². The Morgan fingerprint density at radius 1 is 1.33 bits per heavy atom. The summed E-state index contributed by atoms with van der Waals surface area (Å²) in [7, 11) is 1.55. The van der Waals surface area contributed by atoms with E-state index in [4.69, 9.17) is 0 Å². The van der Waals surface area contributed by atoms with Crippen molar-refractivity contribution in [3.8, 4) is 5.75 Å². The number of benzene rings is 1. The van der Waals surface area contributed by atoms with Crippen LogP contribution < -0.4 is 10.1 Å². The van der Waals surface area contributed by atoms with Gasteiger partial charge in [0.2, 0.25) is 0 Å². The molecule has 0 saturated carbocycles. The second-order valence-electron chi connectivity index (χ2n) is 2.89. The van der Waals surface area contributed by atoms with Crippen molar-refractivity contribution in [2.24, 2.45) is 0 Å². The summed E-state index contributed by atoms with van der Waals surface area (Å²) in [5, 5.41) is 2.69. The fourth-order valence-corrected chi connectivity index (χ4v) is 1.99. The van der Waals surface area contributed by atoms with Crippen LogP contribution in [0.15, 0.2) is 12.1 Å². The first-order valence-corrected chi connectivity index (χ1v) is 5.15. The minimum Gasteiger partial charge on any atom is -0.404 e. The SMILES string of the molecule is CNc1c(C)cc(I)cc1OC(F)(F)F. The Balaban J connectivity index is 3.15. The van der Waals surface area contributed by atoms with Crippen molar-refractivity contribution in [1.29, 1.82) is 0 Å². The maximum Gasteiger partial charge on any atom is 0.573 e. The number of hydrogen-bond donors (Lipinski definition) is 1. The van der Waals surface area contributed by atoms with Gasteiger partial charge in [0.15, 0.2) is 5.75 Å². The molecule has 6 heteroatoms. The predicted octanol–water partition coefficient (Wildman–Crippen LogP) is 3.54. The number of rotatable bonds is 2. The molecule has 0 aliphatic rings. The van der Waals surface area contributed by atoms with E-state index in [1.807, 2.05) is 22.6 Å². The molecule has 0 heterocycles. The van der Waals surface area contributed by atoms with Crippen molar-refractivity contribution in [3.05, 3.63) is 21.3 Å². The van der Waals surface area contributed by atoms with Gasteiger partial charge in [0.05, 0.1) is 5.69 Å². The van der Waals surface area contributed by atoms with Crippen LogP contribution in [-0.2, 0) is 0 Å². The lowest BCUT2D eigenvalue weighted by atomic mass is 10.2. The molecule has 2 nitrogen and oxygen atoms in total. The van der Waals surface area contributed by atoms with Gasteiger partial charge in [-0.25, -0.2) is 0 Å². The van der Waals surface area contributed by atoms with Crippen molar-refractivity contribution in [2.45, 2.75) is 13.3 Å². The van der Waals surface area contributed by atoms with Crippen LogP contribution in [0.3, 0.4) is 0 Å². The van der Waals surface area contributed by atoms with Gasteiger partial charge in [-0.3, -0.25) is 0 Å². The van der Waals surface area contributed by atoms with E-state index in [1.165, 1.54) is 6.07 Å². The van der Waals surface area contributed by atoms with E-state index < -0.39 is 6.36 Å². The van der Waals surface area contributed by atoms with Crippen LogP contribution in [-0.4, -0.2) is 13.4 Å². The third kappa shape index (κ3) is 3.44. The number of nitrogens with one attached hydrogen (secondary N) is 1. The van der Waals surface area contributed by atoms with E-state index in [0.717, 1.165) is 0 Å². The van der Waals surface area contributed by atoms with Gasteiger partial charge in [-0.15, -0.1) is 13.2 Å². The van der Waals surface area contributed by atoms with E-state index >= 15 is 0 Å². The van der Waals surface area contributed by atoms with Crippen LogP contribution in [0.2, 0.25) is 0 Å². The molecule has 1 rings (SSSR count).